The molecule has 0 radical (unpaired) electrons. The van der Waals surface area contributed by atoms with Crippen LogP contribution >= 0.6 is 23.8 Å². The van der Waals surface area contributed by atoms with Crippen molar-refractivity contribution >= 4 is 28.3 Å². The Labute approximate surface area is 107 Å². The average Bonchev–Trinajstić information content (AvgIpc) is 2.13. The van der Waals surface area contributed by atoms with E-state index in [-0.39, 0.29) is 6.07 Å². The van der Waals surface area contributed by atoms with Crippen LogP contribution in [0.2, 0.25) is 0 Å². The zero-order chi connectivity index (χ0) is 14.1. The van der Waals surface area contributed by atoms with Gasteiger partial charge in [0, 0.05) is 0 Å². The SMILES string of the molecule is FC(F)(F)c1cc(OC(=S)Cl)cc(C(F)(F)F)c1. The minimum absolute atomic E-state index is 0.0237. The summed E-state index contributed by atoms with van der Waals surface area (Å²) < 4.78 is 78.0. The first-order chi connectivity index (χ1) is 8.00. The number of rotatable bonds is 1. The van der Waals surface area contributed by atoms with Crippen LogP contribution in [-0.2, 0) is 12.4 Å². The molecule has 100 valence electrons. The molecule has 0 saturated heterocycles. The molecule has 0 heterocycles. The smallest absolute Gasteiger partial charge is 0.416 e. The van der Waals surface area contributed by atoms with Gasteiger partial charge in [0.1, 0.15) is 5.75 Å². The molecule has 0 unspecified atom stereocenters. The Hall–Kier alpha value is -1.02. The quantitative estimate of drug-likeness (QED) is 0.425. The predicted octanol–water partition coefficient (Wildman–Crippen LogP) is 4.63. The molecule has 1 aromatic carbocycles. The topological polar surface area (TPSA) is 9.23 Å². The van der Waals surface area contributed by atoms with E-state index in [9.17, 15) is 26.3 Å². The standard InChI is InChI=1S/C9H3ClF6OS/c10-7(18)17-6-2-4(8(11,12)13)1-5(3-6)9(14,15)16/h1-3H. The van der Waals surface area contributed by atoms with E-state index in [4.69, 9.17) is 11.6 Å². The molecular weight excluding hydrogens is 306 g/mol. The van der Waals surface area contributed by atoms with Crippen LogP contribution in [-0.4, -0.2) is 4.51 Å². The molecule has 0 saturated carbocycles. The highest BCUT2D eigenvalue weighted by Gasteiger charge is 2.37. The second-order valence-electron chi connectivity index (χ2n) is 3.08. The van der Waals surface area contributed by atoms with Gasteiger partial charge in [0.25, 0.3) is 4.51 Å². The first-order valence-electron chi connectivity index (χ1n) is 4.17. The fraction of sp³-hybridized carbons (Fsp3) is 0.222. The van der Waals surface area contributed by atoms with E-state index < -0.39 is 33.7 Å². The van der Waals surface area contributed by atoms with Crippen LogP contribution in [0.5, 0.6) is 5.75 Å². The van der Waals surface area contributed by atoms with Crippen molar-refractivity contribution < 1.29 is 31.1 Å². The van der Waals surface area contributed by atoms with Crippen LogP contribution in [0.1, 0.15) is 11.1 Å². The van der Waals surface area contributed by atoms with Crippen molar-refractivity contribution in [3.8, 4) is 5.75 Å². The number of ether oxygens (including phenoxy) is 1. The van der Waals surface area contributed by atoms with Gasteiger partial charge in [-0.05, 0) is 42.0 Å². The van der Waals surface area contributed by atoms with Crippen LogP contribution in [0.3, 0.4) is 0 Å². The highest BCUT2D eigenvalue weighted by atomic mass is 35.5. The van der Waals surface area contributed by atoms with Crippen LogP contribution in [0.15, 0.2) is 18.2 Å². The van der Waals surface area contributed by atoms with E-state index in [2.05, 4.69) is 17.0 Å². The van der Waals surface area contributed by atoms with Crippen LogP contribution < -0.4 is 4.74 Å². The van der Waals surface area contributed by atoms with Crippen LogP contribution in [0.25, 0.3) is 0 Å². The van der Waals surface area contributed by atoms with E-state index in [1.54, 1.807) is 0 Å². The first-order valence-corrected chi connectivity index (χ1v) is 4.95. The Bertz CT molecular complexity index is 435. The molecule has 1 aromatic rings. The first kappa shape index (κ1) is 15.0. The summed E-state index contributed by atoms with van der Waals surface area (Å²) in [5, 5.41) is 0. The molecule has 0 atom stereocenters. The number of halogens is 7. The summed E-state index contributed by atoms with van der Waals surface area (Å²) in [7, 11) is 0. The average molecular weight is 309 g/mol. The van der Waals surface area contributed by atoms with Crippen LogP contribution in [0.4, 0.5) is 26.3 Å². The van der Waals surface area contributed by atoms with E-state index in [0.29, 0.717) is 12.1 Å². The fourth-order valence-corrected chi connectivity index (χ4v) is 1.26. The monoisotopic (exact) mass is 308 g/mol. The lowest BCUT2D eigenvalue weighted by atomic mass is 10.1. The molecule has 1 nitrogen and oxygen atoms in total. The Kier molecular flexibility index (Phi) is 4.12. The normalized spacial score (nSPS) is 12.4. The van der Waals surface area contributed by atoms with Gasteiger partial charge in [0.15, 0.2) is 0 Å². The maximum atomic E-state index is 12.4. The lowest BCUT2D eigenvalue weighted by Crippen LogP contribution is -2.11. The minimum Gasteiger partial charge on any atom is -0.436 e. The van der Waals surface area contributed by atoms with E-state index in [0.717, 1.165) is 0 Å². The van der Waals surface area contributed by atoms with E-state index in [1.807, 2.05) is 0 Å². The van der Waals surface area contributed by atoms with Gasteiger partial charge in [-0.3, -0.25) is 0 Å². The number of hydrogen-bond donors (Lipinski definition) is 0. The van der Waals surface area contributed by atoms with Crippen molar-refractivity contribution in [3.63, 3.8) is 0 Å². The molecule has 0 spiro atoms. The van der Waals surface area contributed by atoms with Gasteiger partial charge < -0.3 is 4.74 Å². The third-order valence-electron chi connectivity index (χ3n) is 1.76. The van der Waals surface area contributed by atoms with Gasteiger partial charge in [0.2, 0.25) is 0 Å². The van der Waals surface area contributed by atoms with Crippen molar-refractivity contribution in [1.29, 1.82) is 0 Å². The summed E-state index contributed by atoms with van der Waals surface area (Å²) in [4.78, 5) is 0. The molecule has 0 N–H and O–H groups in total. The van der Waals surface area contributed by atoms with Crippen molar-refractivity contribution in [2.75, 3.05) is 0 Å². The largest absolute Gasteiger partial charge is 0.436 e. The zero-order valence-electron chi connectivity index (χ0n) is 8.19. The van der Waals surface area contributed by atoms with Gasteiger partial charge in [-0.25, -0.2) is 0 Å². The van der Waals surface area contributed by atoms with Gasteiger partial charge in [-0.1, -0.05) is 0 Å². The van der Waals surface area contributed by atoms with Gasteiger partial charge in [0.05, 0.1) is 11.1 Å². The molecule has 0 amide bonds. The summed E-state index contributed by atoms with van der Waals surface area (Å²) in [6.45, 7) is 0. The molecule has 0 aliphatic rings. The molecule has 0 bridgehead atoms. The number of thiocarbonyl (C=S) groups is 1. The summed E-state index contributed by atoms with van der Waals surface area (Å²) in [6, 6.07) is 0.734. The van der Waals surface area contributed by atoms with Crippen LogP contribution in [0, 0.1) is 0 Å². The van der Waals surface area contributed by atoms with E-state index >= 15 is 0 Å². The summed E-state index contributed by atoms with van der Waals surface area (Å²) in [5.74, 6) is -0.725. The maximum Gasteiger partial charge on any atom is 0.416 e. The van der Waals surface area contributed by atoms with Crippen molar-refractivity contribution in [1.82, 2.24) is 0 Å². The molecule has 0 aliphatic carbocycles. The predicted molar refractivity (Wildman–Crippen MR) is 55.5 cm³/mol. The Morgan fingerprint density at radius 1 is 0.944 bits per heavy atom. The lowest BCUT2D eigenvalue weighted by molar-refractivity contribution is -0.143. The van der Waals surface area contributed by atoms with Crippen molar-refractivity contribution in [2.45, 2.75) is 12.4 Å². The molecular formula is C9H3ClF6OS. The second kappa shape index (κ2) is 4.93. The van der Waals surface area contributed by atoms with E-state index in [1.165, 1.54) is 0 Å². The van der Waals surface area contributed by atoms with Gasteiger partial charge >= 0.3 is 12.4 Å². The molecule has 9 heteroatoms. The maximum absolute atomic E-state index is 12.4. The summed E-state index contributed by atoms with van der Waals surface area (Å²) in [6.07, 6.45) is -9.87. The lowest BCUT2D eigenvalue weighted by Gasteiger charge is -2.13. The second-order valence-corrected chi connectivity index (χ2v) is 4.02. The zero-order valence-corrected chi connectivity index (χ0v) is 9.77. The van der Waals surface area contributed by atoms with Crippen molar-refractivity contribution in [3.05, 3.63) is 29.3 Å². The molecule has 1 rings (SSSR count). The third kappa shape index (κ3) is 4.02. The Morgan fingerprint density at radius 2 is 1.33 bits per heavy atom. The summed E-state index contributed by atoms with van der Waals surface area (Å²) in [5.41, 5.74) is -3.00. The summed E-state index contributed by atoms with van der Waals surface area (Å²) >= 11 is 9.32. The molecule has 0 aliphatic heterocycles. The van der Waals surface area contributed by atoms with Crippen molar-refractivity contribution in [2.24, 2.45) is 0 Å². The molecule has 0 aromatic heterocycles. The molecule has 18 heavy (non-hydrogen) atoms. The fourth-order valence-electron chi connectivity index (χ4n) is 1.08. The molecule has 0 fully saturated rings. The Morgan fingerprint density at radius 3 is 1.61 bits per heavy atom. The van der Waals surface area contributed by atoms with Gasteiger partial charge in [-0.15, -0.1) is 0 Å². The van der Waals surface area contributed by atoms with Gasteiger partial charge in [-0.2, -0.15) is 26.3 Å². The highest BCUT2D eigenvalue weighted by Crippen LogP contribution is 2.38. The number of hydrogen-bond acceptors (Lipinski definition) is 2. The number of benzene rings is 1. The third-order valence-corrected chi connectivity index (χ3v) is 1.92. The Balaban J connectivity index is 3.34. The highest BCUT2D eigenvalue weighted by molar-refractivity contribution is 7.82. The number of alkyl halides is 6. The minimum atomic E-state index is -4.94.